The van der Waals surface area contributed by atoms with Crippen molar-refractivity contribution >= 4 is 22.9 Å². The fourth-order valence-electron chi connectivity index (χ4n) is 2.95. The first-order valence-corrected chi connectivity index (χ1v) is 8.57. The molecule has 12 heteroatoms. The van der Waals surface area contributed by atoms with Crippen LogP contribution in [0, 0.1) is 0 Å². The first-order valence-electron chi connectivity index (χ1n) is 8.57. The van der Waals surface area contributed by atoms with Gasteiger partial charge >= 0.3 is 0 Å². The third kappa shape index (κ3) is 4.14. The topological polar surface area (TPSA) is 192 Å². The molecule has 0 radical (unpaired) electrons. The van der Waals surface area contributed by atoms with Crippen LogP contribution in [0.3, 0.4) is 0 Å². The zero-order chi connectivity index (χ0) is 19.4. The van der Waals surface area contributed by atoms with Crippen molar-refractivity contribution in [3.05, 3.63) is 12.7 Å². The van der Waals surface area contributed by atoms with Crippen molar-refractivity contribution in [3.63, 3.8) is 0 Å². The molecule has 1 fully saturated rings. The van der Waals surface area contributed by atoms with E-state index in [9.17, 15) is 20.1 Å². The number of anilines is 1. The van der Waals surface area contributed by atoms with Gasteiger partial charge in [0.15, 0.2) is 17.7 Å². The molecule has 5 atom stereocenters. The number of aliphatic hydroxyl groups excluding tert-OH is 3. The van der Waals surface area contributed by atoms with Crippen LogP contribution in [0.4, 0.5) is 5.82 Å². The molecule has 1 amide bonds. The van der Waals surface area contributed by atoms with Crippen LogP contribution in [-0.2, 0) is 9.53 Å². The molecule has 0 spiro atoms. The number of carbonyl (C=O) groups is 1. The molecular formula is C15H23N7O5. The number of aromatic amines is 1. The van der Waals surface area contributed by atoms with Gasteiger partial charge in [-0.25, -0.2) is 15.0 Å². The highest BCUT2D eigenvalue weighted by atomic mass is 16.5. The van der Waals surface area contributed by atoms with Gasteiger partial charge in [0.05, 0.1) is 19.0 Å². The minimum absolute atomic E-state index is 0.175. The number of hydrogen-bond acceptors (Lipinski definition) is 10. The number of carbonyl (C=O) groups excluding carboxylic acids is 1. The van der Waals surface area contributed by atoms with Crippen LogP contribution in [-0.4, -0.2) is 84.9 Å². The van der Waals surface area contributed by atoms with E-state index in [4.69, 9.17) is 10.5 Å². The van der Waals surface area contributed by atoms with Crippen LogP contribution in [0.25, 0.3) is 11.2 Å². The van der Waals surface area contributed by atoms with Crippen molar-refractivity contribution in [1.29, 1.82) is 0 Å². The van der Waals surface area contributed by atoms with E-state index in [1.165, 1.54) is 12.7 Å². The number of aliphatic hydroxyl groups is 3. The third-order valence-electron chi connectivity index (χ3n) is 4.37. The standard InChI is InChI=1S/C15H23N7O5/c16-3-1-2-8(24)21-9-7(4-23)27-15(12(26)11(9)25)22-14-10-13(18-5-17-10)19-6-20-14/h5-7,9,11-12,15,23,25-26H,1-4,16H2,(H,21,24)(H2,17,18,19,20,22)/t7-,9-,11+,12-,15-/m0/s1. The second-order valence-corrected chi connectivity index (χ2v) is 6.21. The summed E-state index contributed by atoms with van der Waals surface area (Å²) in [4.78, 5) is 26.9. The van der Waals surface area contributed by atoms with Crippen molar-refractivity contribution < 1.29 is 24.9 Å². The third-order valence-corrected chi connectivity index (χ3v) is 4.37. The number of fused-ring (bicyclic) bond motifs is 1. The van der Waals surface area contributed by atoms with Crippen molar-refractivity contribution in [2.45, 2.75) is 43.4 Å². The number of amides is 1. The molecule has 1 aliphatic heterocycles. The van der Waals surface area contributed by atoms with Crippen molar-refractivity contribution in [2.24, 2.45) is 5.73 Å². The Hall–Kier alpha value is -2.38. The normalized spacial score (nSPS) is 28.2. The van der Waals surface area contributed by atoms with Crippen molar-refractivity contribution in [2.75, 3.05) is 18.5 Å². The summed E-state index contributed by atoms with van der Waals surface area (Å²) in [5.74, 6) is -0.0315. The van der Waals surface area contributed by atoms with E-state index in [2.05, 4.69) is 30.6 Å². The molecule has 12 nitrogen and oxygen atoms in total. The fraction of sp³-hybridized carbons (Fsp3) is 0.600. The predicted octanol–water partition coefficient (Wildman–Crippen LogP) is -2.57. The first kappa shape index (κ1) is 19.4. The summed E-state index contributed by atoms with van der Waals surface area (Å²) >= 11 is 0. The summed E-state index contributed by atoms with van der Waals surface area (Å²) in [5, 5.41) is 36.0. The number of aromatic nitrogens is 4. The highest BCUT2D eigenvalue weighted by Crippen LogP contribution is 2.24. The Morgan fingerprint density at radius 1 is 1.30 bits per heavy atom. The second-order valence-electron chi connectivity index (χ2n) is 6.21. The number of nitrogens with zero attached hydrogens (tertiary/aromatic N) is 3. The molecule has 0 aromatic carbocycles. The molecule has 2 aromatic heterocycles. The summed E-state index contributed by atoms with van der Waals surface area (Å²) in [7, 11) is 0. The first-order chi connectivity index (χ1) is 13.0. The smallest absolute Gasteiger partial charge is 0.220 e. The van der Waals surface area contributed by atoms with Gasteiger partial charge in [-0.05, 0) is 13.0 Å². The molecule has 0 saturated carbocycles. The Labute approximate surface area is 154 Å². The van der Waals surface area contributed by atoms with Gasteiger partial charge in [0, 0.05) is 6.42 Å². The molecule has 0 aliphatic carbocycles. The van der Waals surface area contributed by atoms with E-state index in [1.807, 2.05) is 0 Å². The average molecular weight is 381 g/mol. The van der Waals surface area contributed by atoms with E-state index in [0.717, 1.165) is 0 Å². The van der Waals surface area contributed by atoms with Crippen LogP contribution in [0.15, 0.2) is 12.7 Å². The van der Waals surface area contributed by atoms with Crippen LogP contribution in [0.1, 0.15) is 12.8 Å². The van der Waals surface area contributed by atoms with Crippen molar-refractivity contribution in [3.8, 4) is 0 Å². The van der Waals surface area contributed by atoms with Crippen LogP contribution < -0.4 is 16.4 Å². The Bertz CT molecular complexity index is 770. The lowest BCUT2D eigenvalue weighted by Crippen LogP contribution is -2.65. The molecule has 148 valence electrons. The quantitative estimate of drug-likeness (QED) is 0.268. The van der Waals surface area contributed by atoms with Crippen molar-refractivity contribution in [1.82, 2.24) is 25.3 Å². The summed E-state index contributed by atoms with van der Waals surface area (Å²) in [6.07, 6.45) is -1.36. The summed E-state index contributed by atoms with van der Waals surface area (Å²) in [5.41, 5.74) is 6.30. The maximum Gasteiger partial charge on any atom is 0.220 e. The summed E-state index contributed by atoms with van der Waals surface area (Å²) < 4.78 is 5.66. The Kier molecular flexibility index (Phi) is 6.13. The fourth-order valence-corrected chi connectivity index (χ4v) is 2.95. The van der Waals surface area contributed by atoms with Gasteiger partial charge in [0.25, 0.3) is 0 Å². The summed E-state index contributed by atoms with van der Waals surface area (Å²) in [6, 6.07) is -0.967. The molecule has 3 rings (SSSR count). The number of ether oxygens (including phenoxy) is 1. The molecule has 1 aliphatic rings. The second kappa shape index (κ2) is 8.54. The number of rotatable bonds is 7. The average Bonchev–Trinajstić information content (AvgIpc) is 3.15. The number of imidazole rings is 1. The van der Waals surface area contributed by atoms with Gasteiger partial charge in [-0.2, -0.15) is 0 Å². The van der Waals surface area contributed by atoms with E-state index in [-0.39, 0.29) is 12.3 Å². The van der Waals surface area contributed by atoms with E-state index >= 15 is 0 Å². The lowest BCUT2D eigenvalue weighted by molar-refractivity contribution is -0.185. The van der Waals surface area contributed by atoms with Gasteiger partial charge in [0.1, 0.15) is 30.2 Å². The SMILES string of the molecule is NCCCC(=O)N[C@@H]1[C@@H](O)[C@H](O)[C@@H](Nc2ncnc3nc[nH]c23)O[C@H]1CO. The van der Waals surface area contributed by atoms with Crippen LogP contribution in [0.2, 0.25) is 0 Å². The van der Waals surface area contributed by atoms with E-state index in [0.29, 0.717) is 29.9 Å². The molecule has 8 N–H and O–H groups in total. The lowest BCUT2D eigenvalue weighted by atomic mass is 9.95. The number of nitrogens with two attached hydrogens (primary N) is 1. The van der Waals surface area contributed by atoms with Crippen LogP contribution >= 0.6 is 0 Å². The highest BCUT2D eigenvalue weighted by molar-refractivity contribution is 5.82. The summed E-state index contributed by atoms with van der Waals surface area (Å²) in [6.45, 7) is -0.108. The lowest BCUT2D eigenvalue weighted by Gasteiger charge is -2.42. The largest absolute Gasteiger partial charge is 0.394 e. The van der Waals surface area contributed by atoms with Gasteiger partial charge in [-0.1, -0.05) is 0 Å². The minimum atomic E-state index is -1.39. The Balaban J connectivity index is 1.72. The Morgan fingerprint density at radius 2 is 2.11 bits per heavy atom. The van der Waals surface area contributed by atoms with Gasteiger partial charge in [0.2, 0.25) is 5.91 Å². The highest BCUT2D eigenvalue weighted by Gasteiger charge is 2.45. The number of nitrogens with one attached hydrogen (secondary N) is 3. The predicted molar refractivity (Wildman–Crippen MR) is 93.3 cm³/mol. The maximum absolute atomic E-state index is 11.9. The van der Waals surface area contributed by atoms with E-state index in [1.54, 1.807) is 0 Å². The molecule has 1 saturated heterocycles. The molecular weight excluding hydrogens is 358 g/mol. The molecule has 2 aromatic rings. The monoisotopic (exact) mass is 381 g/mol. The number of hydrogen-bond donors (Lipinski definition) is 7. The van der Waals surface area contributed by atoms with Gasteiger partial charge in [-0.3, -0.25) is 4.79 Å². The zero-order valence-electron chi connectivity index (χ0n) is 14.4. The Morgan fingerprint density at radius 3 is 2.85 bits per heavy atom. The zero-order valence-corrected chi connectivity index (χ0v) is 14.4. The number of H-pyrrole nitrogens is 1. The maximum atomic E-state index is 11.9. The minimum Gasteiger partial charge on any atom is -0.394 e. The van der Waals surface area contributed by atoms with Gasteiger partial charge in [-0.15, -0.1) is 0 Å². The van der Waals surface area contributed by atoms with Crippen LogP contribution in [0.5, 0.6) is 0 Å². The molecule has 0 unspecified atom stereocenters. The van der Waals surface area contributed by atoms with Gasteiger partial charge < -0.3 is 41.4 Å². The molecule has 3 heterocycles. The molecule has 0 bridgehead atoms. The molecule has 27 heavy (non-hydrogen) atoms. The van der Waals surface area contributed by atoms with E-state index < -0.39 is 37.2 Å².